The summed E-state index contributed by atoms with van der Waals surface area (Å²) >= 11 is 18.3. The molecule has 2 rings (SSSR count). The number of hydrogen-bond donors (Lipinski definition) is 0. The molecule has 0 aliphatic carbocycles. The average Bonchev–Trinajstić information content (AvgIpc) is 2.30. The lowest BCUT2D eigenvalue weighted by molar-refractivity contribution is 0.413. The van der Waals surface area contributed by atoms with Crippen LogP contribution in [0.25, 0.3) is 11.3 Å². The number of halogens is 3. The highest BCUT2D eigenvalue weighted by Crippen LogP contribution is 2.37. The van der Waals surface area contributed by atoms with Gasteiger partial charge in [0.15, 0.2) is 0 Å². The van der Waals surface area contributed by atoms with Crippen molar-refractivity contribution < 1.29 is 4.74 Å². The monoisotopic (exact) mass is 287 g/mol. The molecule has 0 aliphatic rings. The number of methoxy groups -OCH3 is 1. The van der Waals surface area contributed by atoms with E-state index >= 15 is 0 Å². The first-order chi connectivity index (χ1) is 8.13. The van der Waals surface area contributed by atoms with Crippen LogP contribution in [0.15, 0.2) is 30.5 Å². The SMILES string of the molecule is COc1cnc(-c2c(Cl)cccc2Cl)c(Cl)c1. The molecule has 0 atom stereocenters. The van der Waals surface area contributed by atoms with Crippen molar-refractivity contribution in [3.8, 4) is 17.0 Å². The number of hydrogen-bond acceptors (Lipinski definition) is 2. The van der Waals surface area contributed by atoms with E-state index in [4.69, 9.17) is 39.5 Å². The molecule has 5 heteroatoms. The third-order valence-electron chi connectivity index (χ3n) is 2.25. The molecule has 0 fully saturated rings. The number of ether oxygens (including phenoxy) is 1. The Labute approximate surface area is 114 Å². The van der Waals surface area contributed by atoms with Gasteiger partial charge in [-0.15, -0.1) is 0 Å². The van der Waals surface area contributed by atoms with Crippen LogP contribution in [-0.2, 0) is 0 Å². The van der Waals surface area contributed by atoms with Crippen molar-refractivity contribution >= 4 is 34.8 Å². The van der Waals surface area contributed by atoms with E-state index in [0.29, 0.717) is 32.1 Å². The molecule has 0 amide bonds. The molecule has 1 aromatic heterocycles. The van der Waals surface area contributed by atoms with Crippen molar-refractivity contribution in [3.63, 3.8) is 0 Å². The van der Waals surface area contributed by atoms with Gasteiger partial charge in [-0.05, 0) is 12.1 Å². The zero-order valence-electron chi connectivity index (χ0n) is 8.88. The van der Waals surface area contributed by atoms with Gasteiger partial charge in [-0.1, -0.05) is 40.9 Å². The van der Waals surface area contributed by atoms with Gasteiger partial charge < -0.3 is 4.74 Å². The minimum atomic E-state index is 0.444. The maximum atomic E-state index is 6.13. The van der Waals surface area contributed by atoms with Gasteiger partial charge >= 0.3 is 0 Å². The minimum absolute atomic E-state index is 0.444. The predicted molar refractivity (Wildman–Crippen MR) is 71.3 cm³/mol. The number of rotatable bonds is 2. The van der Waals surface area contributed by atoms with E-state index in [9.17, 15) is 0 Å². The summed E-state index contributed by atoms with van der Waals surface area (Å²) in [6.07, 6.45) is 1.57. The first-order valence-corrected chi connectivity index (χ1v) is 5.91. The summed E-state index contributed by atoms with van der Waals surface area (Å²) in [4.78, 5) is 4.22. The lowest BCUT2D eigenvalue weighted by atomic mass is 10.1. The molecule has 0 aliphatic heterocycles. The summed E-state index contributed by atoms with van der Waals surface area (Å²) in [5, 5.41) is 1.47. The molecular weight excluding hydrogens is 280 g/mol. The molecule has 0 N–H and O–H groups in total. The van der Waals surface area contributed by atoms with Gasteiger partial charge in [-0.2, -0.15) is 0 Å². The molecule has 1 aromatic carbocycles. The fourth-order valence-electron chi connectivity index (χ4n) is 1.44. The van der Waals surface area contributed by atoms with Crippen molar-refractivity contribution in [1.29, 1.82) is 0 Å². The Kier molecular flexibility index (Phi) is 3.77. The highest BCUT2D eigenvalue weighted by molar-refractivity contribution is 6.40. The highest BCUT2D eigenvalue weighted by atomic mass is 35.5. The second-order valence-corrected chi connectivity index (χ2v) is 4.52. The molecule has 1 heterocycles. The number of nitrogens with zero attached hydrogens (tertiary/aromatic N) is 1. The number of pyridine rings is 1. The molecule has 0 saturated heterocycles. The average molecular weight is 289 g/mol. The molecular formula is C12H8Cl3NO. The van der Waals surface area contributed by atoms with Gasteiger partial charge in [0.05, 0.1) is 34.1 Å². The van der Waals surface area contributed by atoms with Gasteiger partial charge in [-0.25, -0.2) is 0 Å². The van der Waals surface area contributed by atoms with Crippen LogP contribution in [0, 0.1) is 0 Å². The van der Waals surface area contributed by atoms with E-state index in [1.54, 1.807) is 37.6 Å². The Bertz CT molecular complexity index is 537. The zero-order valence-corrected chi connectivity index (χ0v) is 11.1. The van der Waals surface area contributed by atoms with Gasteiger partial charge in [0.2, 0.25) is 0 Å². The maximum Gasteiger partial charge on any atom is 0.138 e. The molecule has 0 unspecified atom stereocenters. The Morgan fingerprint density at radius 3 is 2.24 bits per heavy atom. The Balaban J connectivity index is 2.61. The lowest BCUT2D eigenvalue weighted by Gasteiger charge is -2.09. The molecule has 0 spiro atoms. The third-order valence-corrected chi connectivity index (χ3v) is 3.17. The van der Waals surface area contributed by atoms with Crippen LogP contribution in [0.5, 0.6) is 5.75 Å². The summed E-state index contributed by atoms with van der Waals surface area (Å²) in [5.41, 5.74) is 1.17. The van der Waals surface area contributed by atoms with Crippen LogP contribution >= 0.6 is 34.8 Å². The van der Waals surface area contributed by atoms with Crippen molar-refractivity contribution in [2.24, 2.45) is 0 Å². The minimum Gasteiger partial charge on any atom is -0.495 e. The molecule has 88 valence electrons. The van der Waals surface area contributed by atoms with Crippen LogP contribution in [0.2, 0.25) is 15.1 Å². The largest absolute Gasteiger partial charge is 0.495 e. The van der Waals surface area contributed by atoms with Crippen molar-refractivity contribution in [1.82, 2.24) is 4.98 Å². The number of aromatic nitrogens is 1. The molecule has 0 saturated carbocycles. The Morgan fingerprint density at radius 1 is 1.06 bits per heavy atom. The Morgan fingerprint density at radius 2 is 1.71 bits per heavy atom. The van der Waals surface area contributed by atoms with E-state index in [1.807, 2.05) is 0 Å². The first kappa shape index (κ1) is 12.5. The molecule has 0 radical (unpaired) electrons. The van der Waals surface area contributed by atoms with E-state index in [1.165, 1.54) is 0 Å². The predicted octanol–water partition coefficient (Wildman–Crippen LogP) is 4.72. The van der Waals surface area contributed by atoms with Crippen molar-refractivity contribution in [2.75, 3.05) is 7.11 Å². The number of benzene rings is 1. The molecule has 0 bridgehead atoms. The fourth-order valence-corrected chi connectivity index (χ4v) is 2.27. The lowest BCUT2D eigenvalue weighted by Crippen LogP contribution is -1.90. The second-order valence-electron chi connectivity index (χ2n) is 3.30. The summed E-state index contributed by atoms with van der Waals surface area (Å²) in [7, 11) is 1.55. The smallest absolute Gasteiger partial charge is 0.138 e. The van der Waals surface area contributed by atoms with Gasteiger partial charge in [0.1, 0.15) is 5.75 Å². The standard InChI is InChI=1S/C12H8Cl3NO/c1-17-7-5-10(15)12(16-6-7)11-8(13)3-2-4-9(11)14/h2-6H,1H3. The van der Waals surface area contributed by atoms with Gasteiger partial charge in [0.25, 0.3) is 0 Å². The van der Waals surface area contributed by atoms with E-state index in [2.05, 4.69) is 4.98 Å². The van der Waals surface area contributed by atoms with Crippen LogP contribution in [0.3, 0.4) is 0 Å². The van der Waals surface area contributed by atoms with Gasteiger partial charge in [-0.3, -0.25) is 4.98 Å². The normalized spacial score (nSPS) is 10.4. The third kappa shape index (κ3) is 2.49. The van der Waals surface area contributed by atoms with Crippen LogP contribution in [-0.4, -0.2) is 12.1 Å². The van der Waals surface area contributed by atoms with E-state index in [-0.39, 0.29) is 0 Å². The van der Waals surface area contributed by atoms with Crippen molar-refractivity contribution in [3.05, 3.63) is 45.5 Å². The summed E-state index contributed by atoms with van der Waals surface area (Å²) < 4.78 is 5.03. The van der Waals surface area contributed by atoms with Crippen molar-refractivity contribution in [2.45, 2.75) is 0 Å². The topological polar surface area (TPSA) is 22.1 Å². The first-order valence-electron chi connectivity index (χ1n) is 4.77. The van der Waals surface area contributed by atoms with E-state index < -0.39 is 0 Å². The molecule has 2 nitrogen and oxygen atoms in total. The molecule has 17 heavy (non-hydrogen) atoms. The van der Waals surface area contributed by atoms with Gasteiger partial charge in [0, 0.05) is 11.6 Å². The Hall–Kier alpha value is -0.960. The van der Waals surface area contributed by atoms with Crippen LogP contribution in [0.4, 0.5) is 0 Å². The highest BCUT2D eigenvalue weighted by Gasteiger charge is 2.13. The van der Waals surface area contributed by atoms with E-state index in [0.717, 1.165) is 0 Å². The van der Waals surface area contributed by atoms with Crippen LogP contribution in [0.1, 0.15) is 0 Å². The summed E-state index contributed by atoms with van der Waals surface area (Å²) in [6, 6.07) is 6.92. The maximum absolute atomic E-state index is 6.13. The zero-order chi connectivity index (χ0) is 12.4. The summed E-state index contributed by atoms with van der Waals surface area (Å²) in [6.45, 7) is 0. The van der Waals surface area contributed by atoms with Crippen LogP contribution < -0.4 is 4.74 Å². The molecule has 2 aromatic rings. The second kappa shape index (κ2) is 5.13. The summed E-state index contributed by atoms with van der Waals surface area (Å²) in [5.74, 6) is 0.585. The fraction of sp³-hybridized carbons (Fsp3) is 0.0833. The quantitative estimate of drug-likeness (QED) is 0.798.